The highest BCUT2D eigenvalue weighted by molar-refractivity contribution is 6.30. The van der Waals surface area contributed by atoms with Crippen LogP contribution in [0.15, 0.2) is 54.6 Å². The van der Waals surface area contributed by atoms with Crippen molar-refractivity contribution >= 4 is 11.6 Å². The largest absolute Gasteiger partial charge is 0.303 e. The Morgan fingerprint density at radius 3 is 2.19 bits per heavy atom. The highest BCUT2D eigenvalue weighted by Gasteiger charge is 2.16. The van der Waals surface area contributed by atoms with Crippen LogP contribution in [0.5, 0.6) is 0 Å². The Balaban J connectivity index is 2.15. The molecule has 21 heavy (non-hydrogen) atoms. The molecule has 0 heterocycles. The van der Waals surface area contributed by atoms with E-state index in [1.807, 2.05) is 18.2 Å². The molecule has 1 nitrogen and oxygen atoms in total. The lowest BCUT2D eigenvalue weighted by atomic mass is 9.95. The molecule has 0 aliphatic rings. The molecule has 0 bridgehead atoms. The summed E-state index contributed by atoms with van der Waals surface area (Å²) in [4.78, 5) is 0. The van der Waals surface area contributed by atoms with Gasteiger partial charge in [0, 0.05) is 17.1 Å². The summed E-state index contributed by atoms with van der Waals surface area (Å²) in [5.41, 5.74) is 2.58. The maximum atomic E-state index is 6.10. The summed E-state index contributed by atoms with van der Waals surface area (Å²) >= 11 is 6.10. The number of benzene rings is 2. The molecule has 2 rings (SSSR count). The first kappa shape index (κ1) is 16.1. The highest BCUT2D eigenvalue weighted by atomic mass is 35.5. The molecule has 0 amide bonds. The van der Waals surface area contributed by atoms with Crippen molar-refractivity contribution in [1.29, 1.82) is 0 Å². The molecule has 0 radical (unpaired) electrons. The second kappa shape index (κ2) is 7.63. The molecule has 1 unspecified atom stereocenters. The maximum absolute atomic E-state index is 6.10. The third kappa shape index (κ3) is 4.87. The summed E-state index contributed by atoms with van der Waals surface area (Å²) in [6.45, 7) is 6.73. The van der Waals surface area contributed by atoms with Gasteiger partial charge in [-0.05, 0) is 42.5 Å². The molecule has 1 N–H and O–H groups in total. The number of rotatable bonds is 6. The molecule has 0 aliphatic heterocycles. The van der Waals surface area contributed by atoms with E-state index in [4.69, 9.17) is 11.6 Å². The number of hydrogen-bond donors (Lipinski definition) is 1. The minimum atomic E-state index is 0.271. The van der Waals surface area contributed by atoms with Crippen LogP contribution in [0.3, 0.4) is 0 Å². The zero-order valence-electron chi connectivity index (χ0n) is 13.0. The molecule has 0 aromatic heterocycles. The molecule has 2 aromatic rings. The van der Waals surface area contributed by atoms with Crippen molar-refractivity contribution in [2.24, 2.45) is 5.92 Å². The first-order valence-corrected chi connectivity index (χ1v) is 8.00. The quantitative estimate of drug-likeness (QED) is 0.713. The molecule has 0 saturated heterocycles. The Hall–Kier alpha value is -1.31. The Kier molecular flexibility index (Phi) is 5.84. The fourth-order valence-corrected chi connectivity index (χ4v) is 2.83. The SMILES string of the molecule is CC(C)CC(N[C@@H](C)c1cccc(Cl)c1)c1ccccc1. The van der Waals surface area contributed by atoms with Crippen LogP contribution in [-0.4, -0.2) is 0 Å². The summed E-state index contributed by atoms with van der Waals surface area (Å²) in [5.74, 6) is 0.647. The van der Waals surface area contributed by atoms with E-state index in [1.165, 1.54) is 11.1 Å². The second-order valence-corrected chi connectivity index (χ2v) is 6.47. The van der Waals surface area contributed by atoms with Crippen LogP contribution in [0.4, 0.5) is 0 Å². The fourth-order valence-electron chi connectivity index (χ4n) is 2.63. The molecule has 112 valence electrons. The summed E-state index contributed by atoms with van der Waals surface area (Å²) in [6, 6.07) is 19.4. The van der Waals surface area contributed by atoms with Crippen molar-refractivity contribution in [1.82, 2.24) is 5.32 Å². The van der Waals surface area contributed by atoms with Crippen molar-refractivity contribution in [2.75, 3.05) is 0 Å². The maximum Gasteiger partial charge on any atom is 0.0409 e. The molecule has 2 aromatic carbocycles. The van der Waals surface area contributed by atoms with E-state index in [0.717, 1.165) is 11.4 Å². The van der Waals surface area contributed by atoms with Gasteiger partial charge in [0.2, 0.25) is 0 Å². The molecule has 2 atom stereocenters. The molecule has 0 spiro atoms. The lowest BCUT2D eigenvalue weighted by Crippen LogP contribution is -2.26. The first-order chi connectivity index (χ1) is 10.1. The smallest absolute Gasteiger partial charge is 0.0409 e. The van der Waals surface area contributed by atoms with Gasteiger partial charge in [-0.3, -0.25) is 0 Å². The van der Waals surface area contributed by atoms with E-state index < -0.39 is 0 Å². The van der Waals surface area contributed by atoms with Crippen LogP contribution in [0, 0.1) is 5.92 Å². The van der Waals surface area contributed by atoms with Crippen molar-refractivity contribution < 1.29 is 0 Å². The third-order valence-electron chi connectivity index (χ3n) is 3.71. The van der Waals surface area contributed by atoms with Crippen LogP contribution in [-0.2, 0) is 0 Å². The van der Waals surface area contributed by atoms with Gasteiger partial charge < -0.3 is 5.32 Å². The second-order valence-electron chi connectivity index (χ2n) is 6.04. The van der Waals surface area contributed by atoms with Crippen LogP contribution in [0.1, 0.15) is 50.4 Å². The van der Waals surface area contributed by atoms with Gasteiger partial charge in [0.05, 0.1) is 0 Å². The molecule has 0 fully saturated rings. The van der Waals surface area contributed by atoms with Crippen molar-refractivity contribution in [3.8, 4) is 0 Å². The van der Waals surface area contributed by atoms with Gasteiger partial charge in [-0.25, -0.2) is 0 Å². The van der Waals surface area contributed by atoms with E-state index in [0.29, 0.717) is 12.0 Å². The van der Waals surface area contributed by atoms with Gasteiger partial charge >= 0.3 is 0 Å². The summed E-state index contributed by atoms with van der Waals surface area (Å²) < 4.78 is 0. The van der Waals surface area contributed by atoms with E-state index >= 15 is 0 Å². The van der Waals surface area contributed by atoms with Gasteiger partial charge in [0.15, 0.2) is 0 Å². The van der Waals surface area contributed by atoms with Gasteiger partial charge in [0.25, 0.3) is 0 Å². The normalized spacial score (nSPS) is 14.1. The predicted molar refractivity (Wildman–Crippen MR) is 91.6 cm³/mol. The van der Waals surface area contributed by atoms with E-state index in [-0.39, 0.29) is 6.04 Å². The van der Waals surface area contributed by atoms with Crippen molar-refractivity contribution in [2.45, 2.75) is 39.3 Å². The predicted octanol–water partition coefficient (Wildman–Crippen LogP) is 5.78. The average molecular weight is 302 g/mol. The van der Waals surface area contributed by atoms with Crippen LogP contribution in [0.25, 0.3) is 0 Å². The summed E-state index contributed by atoms with van der Waals surface area (Å²) in [5, 5.41) is 4.54. The highest BCUT2D eigenvalue weighted by Crippen LogP contribution is 2.26. The topological polar surface area (TPSA) is 12.0 Å². The number of hydrogen-bond acceptors (Lipinski definition) is 1. The zero-order valence-corrected chi connectivity index (χ0v) is 13.8. The Bertz CT molecular complexity index is 551. The average Bonchev–Trinajstić information content (AvgIpc) is 2.47. The van der Waals surface area contributed by atoms with E-state index in [1.54, 1.807) is 0 Å². The standard InChI is InChI=1S/C19H24ClN/c1-14(2)12-19(16-8-5-4-6-9-16)21-15(3)17-10-7-11-18(20)13-17/h4-11,13-15,19,21H,12H2,1-3H3/t15-,19?/m0/s1. The minimum absolute atomic E-state index is 0.271. The van der Waals surface area contributed by atoms with Gasteiger partial charge in [0.1, 0.15) is 0 Å². The van der Waals surface area contributed by atoms with Crippen LogP contribution in [0.2, 0.25) is 5.02 Å². The molecule has 0 saturated carbocycles. The van der Waals surface area contributed by atoms with Crippen LogP contribution >= 0.6 is 11.6 Å². The van der Waals surface area contributed by atoms with E-state index in [2.05, 4.69) is 62.5 Å². The van der Waals surface area contributed by atoms with Gasteiger partial charge in [-0.15, -0.1) is 0 Å². The first-order valence-electron chi connectivity index (χ1n) is 7.62. The minimum Gasteiger partial charge on any atom is -0.303 e. The number of halogens is 1. The van der Waals surface area contributed by atoms with E-state index in [9.17, 15) is 0 Å². The van der Waals surface area contributed by atoms with Crippen LogP contribution < -0.4 is 5.32 Å². The Morgan fingerprint density at radius 2 is 1.57 bits per heavy atom. The molecule has 2 heteroatoms. The fraction of sp³-hybridized carbons (Fsp3) is 0.368. The Morgan fingerprint density at radius 1 is 0.905 bits per heavy atom. The third-order valence-corrected chi connectivity index (χ3v) is 3.94. The van der Waals surface area contributed by atoms with Crippen molar-refractivity contribution in [3.05, 3.63) is 70.7 Å². The Labute approximate surface area is 133 Å². The molecule has 0 aliphatic carbocycles. The van der Waals surface area contributed by atoms with Gasteiger partial charge in [-0.2, -0.15) is 0 Å². The summed E-state index contributed by atoms with van der Waals surface area (Å²) in [7, 11) is 0. The lowest BCUT2D eigenvalue weighted by molar-refractivity contribution is 0.394. The lowest BCUT2D eigenvalue weighted by Gasteiger charge is -2.26. The zero-order chi connectivity index (χ0) is 15.2. The monoisotopic (exact) mass is 301 g/mol. The molecular weight excluding hydrogens is 278 g/mol. The van der Waals surface area contributed by atoms with Crippen molar-refractivity contribution in [3.63, 3.8) is 0 Å². The van der Waals surface area contributed by atoms with Gasteiger partial charge in [-0.1, -0.05) is 67.9 Å². The summed E-state index contributed by atoms with van der Waals surface area (Å²) in [6.07, 6.45) is 1.12. The molecular formula is C19H24ClN. The number of nitrogens with one attached hydrogen (secondary N) is 1.